The summed E-state index contributed by atoms with van der Waals surface area (Å²) in [5, 5.41) is 0. The van der Waals surface area contributed by atoms with Crippen molar-refractivity contribution in [2.24, 2.45) is 0 Å². The van der Waals surface area contributed by atoms with Crippen molar-refractivity contribution in [2.75, 3.05) is 18.1 Å². The molecule has 0 radical (unpaired) electrons. The van der Waals surface area contributed by atoms with E-state index in [2.05, 4.69) is 19.1 Å². The molecular formula is C16H22O2S. The number of aryl methyl sites for hydroxylation is 3. The van der Waals surface area contributed by atoms with Gasteiger partial charge >= 0.3 is 0 Å². The van der Waals surface area contributed by atoms with Crippen LogP contribution in [0.15, 0.2) is 12.1 Å². The van der Waals surface area contributed by atoms with Gasteiger partial charge in [-0.15, -0.1) is 0 Å². The van der Waals surface area contributed by atoms with Crippen LogP contribution in [0.4, 0.5) is 0 Å². The fraction of sp³-hybridized carbons (Fsp3) is 0.562. The SMILES string of the molecule is Cc1cc(C)c(C(=O)CSCC2CCCO2)c(C)c1. The second-order valence-electron chi connectivity index (χ2n) is 5.35. The highest BCUT2D eigenvalue weighted by Gasteiger charge is 2.17. The van der Waals surface area contributed by atoms with Crippen LogP contribution in [0, 0.1) is 20.8 Å². The van der Waals surface area contributed by atoms with Gasteiger partial charge in [0.15, 0.2) is 5.78 Å². The van der Waals surface area contributed by atoms with Gasteiger partial charge < -0.3 is 4.74 Å². The van der Waals surface area contributed by atoms with Gasteiger partial charge in [-0.2, -0.15) is 11.8 Å². The number of hydrogen-bond acceptors (Lipinski definition) is 3. The number of carbonyl (C=O) groups is 1. The van der Waals surface area contributed by atoms with Crippen LogP contribution >= 0.6 is 11.8 Å². The predicted octanol–water partition coefficient (Wildman–Crippen LogP) is 3.71. The highest BCUT2D eigenvalue weighted by molar-refractivity contribution is 8.00. The summed E-state index contributed by atoms with van der Waals surface area (Å²) in [4.78, 5) is 12.3. The second kappa shape index (κ2) is 6.58. The average Bonchev–Trinajstić information content (AvgIpc) is 2.80. The number of ether oxygens (including phenoxy) is 1. The summed E-state index contributed by atoms with van der Waals surface area (Å²) in [5.41, 5.74) is 4.32. The minimum Gasteiger partial charge on any atom is -0.377 e. The van der Waals surface area contributed by atoms with Gasteiger partial charge in [0.1, 0.15) is 0 Å². The van der Waals surface area contributed by atoms with Gasteiger partial charge in [0.05, 0.1) is 11.9 Å². The fourth-order valence-electron chi connectivity index (χ4n) is 2.75. The summed E-state index contributed by atoms with van der Waals surface area (Å²) in [5.74, 6) is 1.75. The van der Waals surface area contributed by atoms with Crippen LogP contribution in [0.1, 0.15) is 39.9 Å². The molecule has 1 atom stereocenters. The van der Waals surface area contributed by atoms with Crippen molar-refractivity contribution in [1.82, 2.24) is 0 Å². The third-order valence-corrected chi connectivity index (χ3v) is 4.59. The zero-order valence-corrected chi connectivity index (χ0v) is 12.8. The van der Waals surface area contributed by atoms with Gasteiger partial charge in [0.2, 0.25) is 0 Å². The topological polar surface area (TPSA) is 26.3 Å². The predicted molar refractivity (Wildman–Crippen MR) is 81.3 cm³/mol. The summed E-state index contributed by atoms with van der Waals surface area (Å²) >= 11 is 1.70. The smallest absolute Gasteiger partial charge is 0.173 e. The van der Waals surface area contributed by atoms with Crippen LogP contribution < -0.4 is 0 Å². The number of benzene rings is 1. The molecule has 0 bridgehead atoms. The van der Waals surface area contributed by atoms with Crippen molar-refractivity contribution in [3.63, 3.8) is 0 Å². The maximum absolute atomic E-state index is 12.3. The van der Waals surface area contributed by atoms with Gasteiger partial charge in [0, 0.05) is 17.9 Å². The van der Waals surface area contributed by atoms with Gasteiger partial charge in [-0.1, -0.05) is 17.7 Å². The molecule has 3 heteroatoms. The molecule has 104 valence electrons. The molecule has 1 aliphatic heterocycles. The van der Waals surface area contributed by atoms with Crippen molar-refractivity contribution >= 4 is 17.5 Å². The van der Waals surface area contributed by atoms with E-state index in [0.29, 0.717) is 11.9 Å². The minimum absolute atomic E-state index is 0.248. The molecule has 1 saturated heterocycles. The van der Waals surface area contributed by atoms with E-state index in [1.807, 2.05) is 13.8 Å². The number of ketones is 1. The maximum Gasteiger partial charge on any atom is 0.173 e. The Morgan fingerprint density at radius 2 is 2.00 bits per heavy atom. The molecule has 1 aromatic carbocycles. The first-order valence-corrected chi connectivity index (χ1v) is 8.04. The van der Waals surface area contributed by atoms with Gasteiger partial charge in [-0.05, 0) is 44.7 Å². The molecular weight excluding hydrogens is 256 g/mol. The standard InChI is InChI=1S/C16H22O2S/c1-11-7-12(2)16(13(3)8-11)15(17)10-19-9-14-5-4-6-18-14/h7-8,14H,4-6,9-10H2,1-3H3. The molecule has 1 heterocycles. The lowest BCUT2D eigenvalue weighted by Crippen LogP contribution is -2.12. The van der Waals surface area contributed by atoms with Crippen molar-refractivity contribution in [1.29, 1.82) is 0 Å². The molecule has 0 N–H and O–H groups in total. The number of rotatable bonds is 5. The van der Waals surface area contributed by atoms with E-state index < -0.39 is 0 Å². The molecule has 1 aliphatic rings. The lowest BCUT2D eigenvalue weighted by molar-refractivity contribution is 0.102. The normalized spacial score (nSPS) is 18.8. The Kier molecular flexibility index (Phi) is 5.06. The minimum atomic E-state index is 0.248. The fourth-order valence-corrected chi connectivity index (χ4v) is 3.72. The Hall–Kier alpha value is -0.800. The molecule has 2 rings (SSSR count). The number of hydrogen-bond donors (Lipinski definition) is 0. The van der Waals surface area contributed by atoms with Gasteiger partial charge in [-0.3, -0.25) is 4.79 Å². The third-order valence-electron chi connectivity index (χ3n) is 3.52. The Balaban J connectivity index is 1.92. The first kappa shape index (κ1) is 14.6. The highest BCUT2D eigenvalue weighted by atomic mass is 32.2. The summed E-state index contributed by atoms with van der Waals surface area (Å²) in [6.45, 7) is 7.01. The molecule has 0 saturated carbocycles. The molecule has 0 aliphatic carbocycles. The lowest BCUT2D eigenvalue weighted by Gasteiger charge is -2.11. The monoisotopic (exact) mass is 278 g/mol. The Labute approximate surface area is 119 Å². The second-order valence-corrected chi connectivity index (χ2v) is 6.38. The molecule has 19 heavy (non-hydrogen) atoms. The number of thioether (sulfide) groups is 1. The molecule has 1 aromatic rings. The van der Waals surface area contributed by atoms with Gasteiger partial charge in [-0.25, -0.2) is 0 Å². The van der Waals surface area contributed by atoms with Crippen LogP contribution in [0.3, 0.4) is 0 Å². The summed E-state index contributed by atoms with van der Waals surface area (Å²) in [6.07, 6.45) is 2.66. The lowest BCUT2D eigenvalue weighted by atomic mass is 9.97. The van der Waals surface area contributed by atoms with E-state index in [1.54, 1.807) is 11.8 Å². The summed E-state index contributed by atoms with van der Waals surface area (Å²) in [6, 6.07) is 4.18. The summed E-state index contributed by atoms with van der Waals surface area (Å²) in [7, 11) is 0. The molecule has 1 fully saturated rings. The van der Waals surface area contributed by atoms with E-state index >= 15 is 0 Å². The number of Topliss-reactive ketones (excluding diaryl/α,β-unsaturated/α-hetero) is 1. The van der Waals surface area contributed by atoms with E-state index in [0.717, 1.165) is 41.9 Å². The van der Waals surface area contributed by atoms with Crippen LogP contribution in [-0.2, 0) is 4.74 Å². The van der Waals surface area contributed by atoms with Crippen molar-refractivity contribution in [3.05, 3.63) is 34.4 Å². The third kappa shape index (κ3) is 3.83. The van der Waals surface area contributed by atoms with Crippen LogP contribution in [0.2, 0.25) is 0 Å². The molecule has 0 aromatic heterocycles. The van der Waals surface area contributed by atoms with Crippen molar-refractivity contribution < 1.29 is 9.53 Å². The van der Waals surface area contributed by atoms with Crippen molar-refractivity contribution in [3.8, 4) is 0 Å². The Bertz CT molecular complexity index is 439. The number of carbonyl (C=O) groups excluding carboxylic acids is 1. The van der Waals surface area contributed by atoms with Crippen LogP contribution in [-0.4, -0.2) is 30.0 Å². The van der Waals surface area contributed by atoms with E-state index in [-0.39, 0.29) is 5.78 Å². The Morgan fingerprint density at radius 1 is 1.32 bits per heavy atom. The molecule has 0 spiro atoms. The van der Waals surface area contributed by atoms with E-state index in [9.17, 15) is 4.79 Å². The molecule has 2 nitrogen and oxygen atoms in total. The summed E-state index contributed by atoms with van der Waals surface area (Å²) < 4.78 is 5.57. The molecule has 0 amide bonds. The Morgan fingerprint density at radius 3 is 2.58 bits per heavy atom. The molecule has 1 unspecified atom stereocenters. The van der Waals surface area contributed by atoms with E-state index in [4.69, 9.17) is 4.74 Å². The van der Waals surface area contributed by atoms with Crippen LogP contribution in [0.25, 0.3) is 0 Å². The van der Waals surface area contributed by atoms with Crippen molar-refractivity contribution in [2.45, 2.75) is 39.7 Å². The first-order chi connectivity index (χ1) is 9.08. The largest absolute Gasteiger partial charge is 0.377 e. The maximum atomic E-state index is 12.3. The van der Waals surface area contributed by atoms with E-state index in [1.165, 1.54) is 5.56 Å². The zero-order chi connectivity index (χ0) is 13.8. The first-order valence-electron chi connectivity index (χ1n) is 6.88. The van der Waals surface area contributed by atoms with Gasteiger partial charge in [0.25, 0.3) is 0 Å². The average molecular weight is 278 g/mol. The van der Waals surface area contributed by atoms with Crippen LogP contribution in [0.5, 0.6) is 0 Å². The quantitative estimate of drug-likeness (QED) is 0.768. The zero-order valence-electron chi connectivity index (χ0n) is 12.0. The highest BCUT2D eigenvalue weighted by Crippen LogP contribution is 2.21.